The minimum absolute atomic E-state index is 0.0537. The zero-order valence-electron chi connectivity index (χ0n) is 12.7. The van der Waals surface area contributed by atoms with E-state index in [0.29, 0.717) is 17.9 Å². The van der Waals surface area contributed by atoms with E-state index in [1.165, 1.54) is 0 Å². The number of carbonyl (C=O) groups excluding carboxylic acids is 1. The summed E-state index contributed by atoms with van der Waals surface area (Å²) in [6.45, 7) is 8.13. The molecule has 0 saturated heterocycles. The Bertz CT molecular complexity index is 524. The Morgan fingerprint density at radius 2 is 2.05 bits per heavy atom. The van der Waals surface area contributed by atoms with Crippen LogP contribution in [0.15, 0.2) is 18.2 Å². The molecule has 0 aliphatic heterocycles. The van der Waals surface area contributed by atoms with Gasteiger partial charge in [-0.3, -0.25) is 4.79 Å². The maximum Gasteiger partial charge on any atom is 0.251 e. The molecule has 0 spiro atoms. The molecule has 1 aromatic rings. The molecule has 1 aromatic carbocycles. The number of hydrogen-bond donors (Lipinski definition) is 2. The third kappa shape index (κ3) is 4.71. The third-order valence-electron chi connectivity index (χ3n) is 3.31. The van der Waals surface area contributed by atoms with E-state index in [4.69, 9.17) is 5.11 Å². The fourth-order valence-electron chi connectivity index (χ4n) is 1.62. The molecule has 0 heterocycles. The first-order valence-electron chi connectivity index (χ1n) is 6.97. The third-order valence-corrected chi connectivity index (χ3v) is 3.31. The van der Waals surface area contributed by atoms with Crippen molar-refractivity contribution in [1.82, 2.24) is 5.32 Å². The van der Waals surface area contributed by atoms with Crippen molar-refractivity contribution in [2.45, 2.75) is 40.2 Å². The Labute approximate surface area is 121 Å². The fraction of sp³-hybridized carbons (Fsp3) is 0.471. The zero-order valence-corrected chi connectivity index (χ0v) is 12.7. The van der Waals surface area contributed by atoms with Gasteiger partial charge >= 0.3 is 0 Å². The van der Waals surface area contributed by atoms with Crippen molar-refractivity contribution in [1.29, 1.82) is 0 Å². The Morgan fingerprint density at radius 3 is 2.65 bits per heavy atom. The van der Waals surface area contributed by atoms with E-state index in [1.807, 2.05) is 32.0 Å². The van der Waals surface area contributed by atoms with E-state index in [0.717, 1.165) is 11.1 Å². The normalized spacial score (nSPS) is 11.7. The molecule has 0 aromatic heterocycles. The molecule has 1 amide bonds. The van der Waals surface area contributed by atoms with E-state index in [-0.39, 0.29) is 18.6 Å². The Balaban J connectivity index is 2.91. The second-order valence-corrected chi connectivity index (χ2v) is 5.31. The van der Waals surface area contributed by atoms with Crippen LogP contribution in [-0.4, -0.2) is 23.7 Å². The first-order valence-corrected chi connectivity index (χ1v) is 6.97. The molecule has 0 radical (unpaired) electrons. The highest BCUT2D eigenvalue weighted by atomic mass is 16.2. The van der Waals surface area contributed by atoms with Gasteiger partial charge in [-0.05, 0) is 37.5 Å². The van der Waals surface area contributed by atoms with E-state index in [2.05, 4.69) is 31.0 Å². The zero-order chi connectivity index (χ0) is 15.1. The summed E-state index contributed by atoms with van der Waals surface area (Å²) in [6, 6.07) is 5.73. The summed E-state index contributed by atoms with van der Waals surface area (Å²) in [5, 5.41) is 11.7. The Morgan fingerprint density at radius 1 is 1.35 bits per heavy atom. The maximum absolute atomic E-state index is 12.3. The van der Waals surface area contributed by atoms with Gasteiger partial charge in [0, 0.05) is 23.6 Å². The average Bonchev–Trinajstić information content (AvgIpc) is 2.40. The van der Waals surface area contributed by atoms with Crippen LogP contribution in [-0.2, 0) is 0 Å². The van der Waals surface area contributed by atoms with Gasteiger partial charge in [0.25, 0.3) is 5.91 Å². The van der Waals surface area contributed by atoms with E-state index >= 15 is 0 Å². The van der Waals surface area contributed by atoms with Crippen molar-refractivity contribution in [2.75, 3.05) is 6.61 Å². The molecule has 2 N–H and O–H groups in total. The molecular weight excluding hydrogens is 250 g/mol. The van der Waals surface area contributed by atoms with Crippen molar-refractivity contribution < 1.29 is 9.90 Å². The van der Waals surface area contributed by atoms with Crippen LogP contribution in [0.4, 0.5) is 0 Å². The molecule has 0 aliphatic rings. The highest BCUT2D eigenvalue weighted by Gasteiger charge is 2.14. The molecule has 20 heavy (non-hydrogen) atoms. The van der Waals surface area contributed by atoms with Gasteiger partial charge in [0.1, 0.15) is 0 Å². The minimum Gasteiger partial charge on any atom is -0.395 e. The van der Waals surface area contributed by atoms with Crippen LogP contribution in [0.2, 0.25) is 0 Å². The van der Waals surface area contributed by atoms with Gasteiger partial charge < -0.3 is 10.4 Å². The predicted octanol–water partition coefficient (Wildman–Crippen LogP) is 2.50. The Kier molecular flexibility index (Phi) is 6.27. The predicted molar refractivity (Wildman–Crippen MR) is 81.5 cm³/mol. The smallest absolute Gasteiger partial charge is 0.251 e. The molecule has 0 aliphatic carbocycles. The molecule has 0 fully saturated rings. The fourth-order valence-corrected chi connectivity index (χ4v) is 1.62. The summed E-state index contributed by atoms with van der Waals surface area (Å²) < 4.78 is 0. The van der Waals surface area contributed by atoms with E-state index < -0.39 is 0 Å². The molecule has 1 rings (SSSR count). The van der Waals surface area contributed by atoms with Crippen LogP contribution in [0.1, 0.15) is 48.7 Å². The number of benzene rings is 1. The molecule has 108 valence electrons. The van der Waals surface area contributed by atoms with Gasteiger partial charge in [-0.25, -0.2) is 0 Å². The quantitative estimate of drug-likeness (QED) is 0.828. The lowest BCUT2D eigenvalue weighted by molar-refractivity contribution is 0.0930. The second-order valence-electron chi connectivity index (χ2n) is 5.31. The van der Waals surface area contributed by atoms with Crippen LogP contribution in [0, 0.1) is 24.7 Å². The lowest BCUT2D eigenvalue weighted by Gasteiger charge is -2.18. The highest BCUT2D eigenvalue weighted by Crippen LogP contribution is 2.12. The number of carbonyl (C=O) groups is 1. The molecule has 0 saturated carbocycles. The highest BCUT2D eigenvalue weighted by molar-refractivity contribution is 5.96. The first kappa shape index (κ1) is 16.3. The number of aliphatic hydroxyl groups excluding tert-OH is 1. The largest absolute Gasteiger partial charge is 0.395 e. The minimum atomic E-state index is -0.0606. The molecule has 0 bridgehead atoms. The molecule has 1 atom stereocenters. The van der Waals surface area contributed by atoms with Gasteiger partial charge in [0.2, 0.25) is 0 Å². The van der Waals surface area contributed by atoms with Gasteiger partial charge in [-0.2, -0.15) is 0 Å². The number of aryl methyl sites for hydroxylation is 1. The standard InChI is InChI=1S/C17H23NO2/c1-12(2)14(4)18-17(20)16-11-15(7-5-6-10-19)9-8-13(16)3/h8-9,11-12,14,19H,6,10H2,1-4H3,(H,18,20). The lowest BCUT2D eigenvalue weighted by atomic mass is 10.0. The van der Waals surface area contributed by atoms with E-state index in [1.54, 1.807) is 0 Å². The molecule has 3 nitrogen and oxygen atoms in total. The summed E-state index contributed by atoms with van der Waals surface area (Å²) in [4.78, 5) is 12.3. The van der Waals surface area contributed by atoms with Crippen molar-refractivity contribution in [3.8, 4) is 11.8 Å². The van der Waals surface area contributed by atoms with Crippen LogP contribution in [0.5, 0.6) is 0 Å². The summed E-state index contributed by atoms with van der Waals surface area (Å²) in [7, 11) is 0. The SMILES string of the molecule is Cc1ccc(C#CCCO)cc1C(=O)NC(C)C(C)C. The monoisotopic (exact) mass is 273 g/mol. The summed E-state index contributed by atoms with van der Waals surface area (Å²) >= 11 is 0. The number of nitrogens with one attached hydrogen (secondary N) is 1. The molecule has 1 unspecified atom stereocenters. The van der Waals surface area contributed by atoms with Gasteiger partial charge in [-0.15, -0.1) is 0 Å². The van der Waals surface area contributed by atoms with Gasteiger partial charge in [0.05, 0.1) is 6.61 Å². The van der Waals surface area contributed by atoms with Crippen LogP contribution < -0.4 is 5.32 Å². The Hall–Kier alpha value is -1.79. The van der Waals surface area contributed by atoms with Crippen LogP contribution in [0.3, 0.4) is 0 Å². The number of hydrogen-bond acceptors (Lipinski definition) is 2. The molecule has 3 heteroatoms. The van der Waals surface area contributed by atoms with Crippen molar-refractivity contribution in [3.05, 3.63) is 34.9 Å². The van der Waals surface area contributed by atoms with Crippen LogP contribution >= 0.6 is 0 Å². The summed E-state index contributed by atoms with van der Waals surface area (Å²) in [5.74, 6) is 6.15. The van der Waals surface area contributed by atoms with Crippen molar-refractivity contribution in [3.63, 3.8) is 0 Å². The van der Waals surface area contributed by atoms with E-state index in [9.17, 15) is 4.79 Å². The second kappa shape index (κ2) is 7.72. The van der Waals surface area contributed by atoms with Gasteiger partial charge in [-0.1, -0.05) is 31.8 Å². The number of rotatable bonds is 4. The topological polar surface area (TPSA) is 49.3 Å². The van der Waals surface area contributed by atoms with Crippen molar-refractivity contribution >= 4 is 5.91 Å². The number of aliphatic hydroxyl groups is 1. The summed E-state index contributed by atoms with van der Waals surface area (Å²) in [5.41, 5.74) is 2.39. The summed E-state index contributed by atoms with van der Waals surface area (Å²) in [6.07, 6.45) is 0.444. The number of amides is 1. The maximum atomic E-state index is 12.3. The molecular formula is C17H23NO2. The van der Waals surface area contributed by atoms with Crippen molar-refractivity contribution in [2.24, 2.45) is 5.92 Å². The average molecular weight is 273 g/mol. The lowest BCUT2D eigenvalue weighted by Crippen LogP contribution is -2.36. The first-order chi connectivity index (χ1) is 9.45. The van der Waals surface area contributed by atoms with Crippen LogP contribution in [0.25, 0.3) is 0 Å². The van der Waals surface area contributed by atoms with Gasteiger partial charge in [0.15, 0.2) is 0 Å².